The zero-order valence-corrected chi connectivity index (χ0v) is 13.0. The fourth-order valence-corrected chi connectivity index (χ4v) is 2.40. The monoisotopic (exact) mass is 351 g/mol. The average molecular weight is 351 g/mol. The fourth-order valence-electron chi connectivity index (χ4n) is 2.40. The van der Waals surface area contributed by atoms with Crippen LogP contribution in [0.1, 0.15) is 24.4 Å². The quantitative estimate of drug-likeness (QED) is 0.784. The Morgan fingerprint density at radius 3 is 2.72 bits per heavy atom. The topological polar surface area (TPSA) is 85.3 Å². The molecule has 3 aromatic rings. The molecular weight excluding hydrogens is 339 g/mol. The summed E-state index contributed by atoms with van der Waals surface area (Å²) in [5.41, 5.74) is 0.346. The number of carbonyl (C=O) groups is 1. The molecule has 1 aliphatic rings. The number of fused-ring (bicyclic) bond motifs is 1. The smallest absolute Gasteiger partial charge is 0.448 e. The van der Waals surface area contributed by atoms with Crippen LogP contribution in [0.15, 0.2) is 22.6 Å². The van der Waals surface area contributed by atoms with Crippen molar-refractivity contribution in [1.82, 2.24) is 19.6 Å². The Labute approximate surface area is 138 Å². The molecule has 1 amide bonds. The van der Waals surface area contributed by atoms with Crippen molar-refractivity contribution in [2.75, 3.05) is 5.32 Å². The zero-order valence-electron chi connectivity index (χ0n) is 13.0. The Morgan fingerprint density at radius 1 is 1.32 bits per heavy atom. The van der Waals surface area contributed by atoms with E-state index >= 15 is 0 Å². The van der Waals surface area contributed by atoms with Gasteiger partial charge in [-0.2, -0.15) is 17.7 Å². The van der Waals surface area contributed by atoms with E-state index in [-0.39, 0.29) is 29.2 Å². The van der Waals surface area contributed by atoms with Gasteiger partial charge in [-0.05, 0) is 31.9 Å². The van der Waals surface area contributed by atoms with Gasteiger partial charge in [0.2, 0.25) is 17.5 Å². The molecule has 3 aromatic heterocycles. The lowest BCUT2D eigenvalue weighted by Crippen LogP contribution is -2.15. The number of rotatable bonds is 3. The van der Waals surface area contributed by atoms with Crippen LogP contribution in [0.25, 0.3) is 17.2 Å². The van der Waals surface area contributed by atoms with Gasteiger partial charge in [-0.1, -0.05) is 0 Å². The molecule has 0 radical (unpaired) electrons. The summed E-state index contributed by atoms with van der Waals surface area (Å²) < 4.78 is 44.5. The minimum absolute atomic E-state index is 0.0275. The van der Waals surface area contributed by atoms with Crippen LogP contribution in [0, 0.1) is 12.8 Å². The predicted octanol–water partition coefficient (Wildman–Crippen LogP) is 3.06. The highest BCUT2D eigenvalue weighted by Crippen LogP contribution is 2.34. The minimum atomic E-state index is -4.60. The third kappa shape index (κ3) is 2.94. The minimum Gasteiger partial charge on any atom is -0.448 e. The second-order valence-electron chi connectivity index (χ2n) is 5.82. The lowest BCUT2D eigenvalue weighted by Gasteiger charge is -2.07. The van der Waals surface area contributed by atoms with Crippen LogP contribution in [0.2, 0.25) is 0 Å². The molecule has 0 spiro atoms. The van der Waals surface area contributed by atoms with Crippen LogP contribution < -0.4 is 5.32 Å². The molecule has 1 saturated carbocycles. The van der Waals surface area contributed by atoms with Crippen molar-refractivity contribution in [3.63, 3.8) is 0 Å². The number of alkyl halides is 3. The Hall–Kier alpha value is -2.91. The van der Waals surface area contributed by atoms with Crippen LogP contribution in [0.4, 0.5) is 19.0 Å². The van der Waals surface area contributed by atoms with Crippen molar-refractivity contribution >= 4 is 17.4 Å². The van der Waals surface area contributed by atoms with E-state index in [4.69, 9.17) is 4.42 Å². The van der Waals surface area contributed by atoms with E-state index in [1.54, 1.807) is 6.92 Å². The summed E-state index contributed by atoms with van der Waals surface area (Å²) in [6, 6.07) is 3.49. The molecule has 130 valence electrons. The maximum atomic E-state index is 12.8. The number of hydrogen-bond acceptors (Lipinski definition) is 5. The summed E-state index contributed by atoms with van der Waals surface area (Å²) in [5, 5.41) is 6.78. The summed E-state index contributed by atoms with van der Waals surface area (Å²) in [7, 11) is 0. The normalized spacial score (nSPS) is 14.9. The zero-order chi connectivity index (χ0) is 17.8. The van der Waals surface area contributed by atoms with Crippen molar-refractivity contribution in [1.29, 1.82) is 0 Å². The molecule has 10 heteroatoms. The maximum absolute atomic E-state index is 12.8. The van der Waals surface area contributed by atoms with Gasteiger partial charge in [0.1, 0.15) is 11.6 Å². The van der Waals surface area contributed by atoms with Gasteiger partial charge >= 0.3 is 6.18 Å². The second-order valence-corrected chi connectivity index (χ2v) is 5.82. The standard InChI is InChI=1S/C15H12F3N5O2/c1-7-19-12-6-11(21-14(24)8-2-3-8)20-13(23(12)22-7)9-4-5-10(25-9)15(16,17)18/h4-6,8H,2-3H2,1H3,(H,21,24). The van der Waals surface area contributed by atoms with Crippen molar-refractivity contribution in [2.45, 2.75) is 25.9 Å². The SMILES string of the molecule is Cc1nc2cc(NC(=O)C3CC3)nc(-c3ccc(C(F)(F)F)o3)n2n1. The van der Waals surface area contributed by atoms with Gasteiger partial charge in [0.05, 0.1) is 0 Å². The number of amides is 1. The van der Waals surface area contributed by atoms with E-state index in [9.17, 15) is 18.0 Å². The highest BCUT2D eigenvalue weighted by molar-refractivity contribution is 5.93. The van der Waals surface area contributed by atoms with Gasteiger partial charge in [-0.15, -0.1) is 5.10 Å². The van der Waals surface area contributed by atoms with Gasteiger partial charge in [0.15, 0.2) is 11.4 Å². The van der Waals surface area contributed by atoms with Crippen LogP contribution in [0.5, 0.6) is 0 Å². The highest BCUT2D eigenvalue weighted by Gasteiger charge is 2.35. The van der Waals surface area contributed by atoms with Crippen molar-refractivity contribution in [3.8, 4) is 11.6 Å². The first-order valence-electron chi connectivity index (χ1n) is 7.54. The van der Waals surface area contributed by atoms with Crippen molar-refractivity contribution in [3.05, 3.63) is 29.8 Å². The summed E-state index contributed by atoms with van der Waals surface area (Å²) in [5.74, 6) is -0.838. The summed E-state index contributed by atoms with van der Waals surface area (Å²) in [4.78, 5) is 20.3. The first-order valence-corrected chi connectivity index (χ1v) is 7.54. The Kier molecular flexibility index (Phi) is 3.31. The number of hydrogen-bond donors (Lipinski definition) is 1. The number of nitrogens with zero attached hydrogens (tertiary/aromatic N) is 4. The molecule has 0 unspecified atom stereocenters. The number of carbonyl (C=O) groups excluding carboxylic acids is 1. The molecule has 0 aromatic carbocycles. The molecule has 25 heavy (non-hydrogen) atoms. The number of halogens is 3. The number of nitrogens with one attached hydrogen (secondary N) is 1. The van der Waals surface area contributed by atoms with Gasteiger partial charge in [-0.3, -0.25) is 4.79 Å². The molecule has 1 aliphatic carbocycles. The summed E-state index contributed by atoms with van der Waals surface area (Å²) in [6.07, 6.45) is -2.97. The summed E-state index contributed by atoms with van der Waals surface area (Å²) in [6.45, 7) is 1.64. The van der Waals surface area contributed by atoms with E-state index in [2.05, 4.69) is 20.4 Å². The van der Waals surface area contributed by atoms with Crippen molar-refractivity contribution < 1.29 is 22.4 Å². The highest BCUT2D eigenvalue weighted by atomic mass is 19.4. The lowest BCUT2D eigenvalue weighted by atomic mass is 10.3. The second kappa shape index (κ2) is 5.30. The maximum Gasteiger partial charge on any atom is 0.449 e. The van der Waals surface area contributed by atoms with Crippen LogP contribution >= 0.6 is 0 Å². The van der Waals surface area contributed by atoms with E-state index in [1.807, 2.05) is 0 Å². The van der Waals surface area contributed by atoms with Crippen LogP contribution in [0.3, 0.4) is 0 Å². The molecule has 4 rings (SSSR count). The van der Waals surface area contributed by atoms with Gasteiger partial charge < -0.3 is 9.73 Å². The third-order valence-electron chi connectivity index (χ3n) is 3.74. The molecule has 0 atom stereocenters. The third-order valence-corrected chi connectivity index (χ3v) is 3.74. The number of aryl methyl sites for hydroxylation is 1. The fraction of sp³-hybridized carbons (Fsp3) is 0.333. The molecule has 0 bridgehead atoms. The van der Waals surface area contributed by atoms with E-state index in [0.717, 1.165) is 25.0 Å². The molecular formula is C15H12F3N5O2. The first-order chi connectivity index (χ1) is 11.8. The molecule has 3 heterocycles. The van der Waals surface area contributed by atoms with Crippen LogP contribution in [-0.4, -0.2) is 25.5 Å². The summed E-state index contributed by atoms with van der Waals surface area (Å²) >= 11 is 0. The van der Waals surface area contributed by atoms with Gasteiger partial charge in [-0.25, -0.2) is 9.97 Å². The lowest BCUT2D eigenvalue weighted by molar-refractivity contribution is -0.152. The molecule has 7 nitrogen and oxygen atoms in total. The number of aromatic nitrogens is 4. The Bertz CT molecular complexity index is 971. The number of furan rings is 1. The molecule has 0 saturated heterocycles. The number of anilines is 1. The van der Waals surface area contributed by atoms with Gasteiger partial charge in [0.25, 0.3) is 0 Å². The van der Waals surface area contributed by atoms with E-state index in [1.165, 1.54) is 10.6 Å². The Balaban J connectivity index is 1.80. The predicted molar refractivity (Wildman–Crippen MR) is 79.6 cm³/mol. The first kappa shape index (κ1) is 15.6. The average Bonchev–Trinajstić information content (AvgIpc) is 3.12. The van der Waals surface area contributed by atoms with E-state index in [0.29, 0.717) is 11.5 Å². The van der Waals surface area contributed by atoms with Crippen molar-refractivity contribution in [2.24, 2.45) is 5.92 Å². The Morgan fingerprint density at radius 2 is 2.08 bits per heavy atom. The molecule has 1 fully saturated rings. The molecule has 0 aliphatic heterocycles. The van der Waals surface area contributed by atoms with E-state index < -0.39 is 11.9 Å². The molecule has 1 N–H and O–H groups in total. The largest absolute Gasteiger partial charge is 0.449 e. The van der Waals surface area contributed by atoms with Crippen LogP contribution in [-0.2, 0) is 11.0 Å². The van der Waals surface area contributed by atoms with Gasteiger partial charge in [0, 0.05) is 12.0 Å².